The summed E-state index contributed by atoms with van der Waals surface area (Å²) >= 11 is 7.33. The maximum Gasteiger partial charge on any atom is 0.242 e. The fourth-order valence-electron chi connectivity index (χ4n) is 2.07. The van der Waals surface area contributed by atoms with Crippen molar-refractivity contribution >= 4 is 40.1 Å². The molecule has 6 heteroatoms. The summed E-state index contributed by atoms with van der Waals surface area (Å²) in [5.41, 5.74) is 7.27. The molecular formula is C14H18ClN3OS. The lowest BCUT2D eigenvalue weighted by atomic mass is 9.89. The SMILES string of the molecule is CC(Cl)C(=O)Nc1cccc(C2(C)CCSC(N)=N2)c1. The number of nitrogens with two attached hydrogens (primary N) is 1. The molecule has 0 aliphatic carbocycles. The molecule has 2 rings (SSSR count). The van der Waals surface area contributed by atoms with E-state index in [2.05, 4.69) is 17.2 Å². The van der Waals surface area contributed by atoms with Gasteiger partial charge in [-0.3, -0.25) is 9.79 Å². The Balaban J connectivity index is 2.26. The van der Waals surface area contributed by atoms with Crippen LogP contribution in [0.15, 0.2) is 29.3 Å². The summed E-state index contributed by atoms with van der Waals surface area (Å²) in [4.78, 5) is 16.2. The molecule has 108 valence electrons. The van der Waals surface area contributed by atoms with Gasteiger partial charge in [0, 0.05) is 11.4 Å². The van der Waals surface area contributed by atoms with Crippen molar-refractivity contribution in [3.8, 4) is 0 Å². The number of halogens is 1. The monoisotopic (exact) mass is 311 g/mol. The normalized spacial score (nSPS) is 23.9. The second kappa shape index (κ2) is 6.06. The van der Waals surface area contributed by atoms with Gasteiger partial charge in [-0.25, -0.2) is 0 Å². The summed E-state index contributed by atoms with van der Waals surface area (Å²) in [5.74, 6) is 0.734. The molecule has 0 fully saturated rings. The zero-order chi connectivity index (χ0) is 14.8. The van der Waals surface area contributed by atoms with E-state index in [0.29, 0.717) is 5.17 Å². The number of amides is 1. The third kappa shape index (κ3) is 3.46. The summed E-state index contributed by atoms with van der Waals surface area (Å²) in [6.07, 6.45) is 0.918. The molecule has 0 bridgehead atoms. The fraction of sp³-hybridized carbons (Fsp3) is 0.429. The Morgan fingerprint density at radius 1 is 1.60 bits per heavy atom. The molecule has 0 spiro atoms. The van der Waals surface area contributed by atoms with Crippen LogP contribution in [0.1, 0.15) is 25.8 Å². The third-order valence-corrected chi connectivity index (χ3v) is 4.30. The van der Waals surface area contributed by atoms with Gasteiger partial charge in [0.15, 0.2) is 5.17 Å². The van der Waals surface area contributed by atoms with E-state index >= 15 is 0 Å². The first kappa shape index (κ1) is 15.2. The standard InChI is InChI=1S/C14H18ClN3OS/c1-9(15)12(19)17-11-5-3-4-10(8-11)14(2)6-7-20-13(16)18-14/h3-5,8-9H,6-7H2,1-2H3,(H2,16,18)(H,17,19). The molecule has 0 saturated carbocycles. The zero-order valence-corrected chi connectivity index (χ0v) is 13.1. The number of aliphatic imine (C=N–C) groups is 1. The van der Waals surface area contributed by atoms with Crippen LogP contribution in [-0.2, 0) is 10.3 Å². The number of hydrogen-bond acceptors (Lipinski definition) is 4. The molecule has 0 saturated heterocycles. The highest BCUT2D eigenvalue weighted by Gasteiger charge is 2.29. The van der Waals surface area contributed by atoms with E-state index in [-0.39, 0.29) is 11.4 Å². The lowest BCUT2D eigenvalue weighted by molar-refractivity contribution is -0.115. The number of hydrogen-bond donors (Lipinski definition) is 2. The quantitative estimate of drug-likeness (QED) is 0.843. The van der Waals surface area contributed by atoms with Gasteiger partial charge in [0.2, 0.25) is 5.91 Å². The van der Waals surface area contributed by atoms with Crippen LogP contribution in [-0.4, -0.2) is 22.2 Å². The van der Waals surface area contributed by atoms with Gasteiger partial charge in [0.25, 0.3) is 0 Å². The number of nitrogens with one attached hydrogen (secondary N) is 1. The van der Waals surface area contributed by atoms with E-state index in [1.807, 2.05) is 24.3 Å². The predicted octanol–water partition coefficient (Wildman–Crippen LogP) is 2.92. The topological polar surface area (TPSA) is 67.5 Å². The molecule has 1 heterocycles. The first-order valence-corrected chi connectivity index (χ1v) is 7.86. The fourth-order valence-corrected chi connectivity index (χ4v) is 3.10. The van der Waals surface area contributed by atoms with E-state index in [4.69, 9.17) is 17.3 Å². The number of nitrogens with zero attached hydrogens (tertiary/aromatic N) is 1. The van der Waals surface area contributed by atoms with Crippen LogP contribution in [0.4, 0.5) is 5.69 Å². The maximum absolute atomic E-state index is 11.6. The Kier molecular flexibility index (Phi) is 4.60. The number of thioether (sulfide) groups is 1. The molecule has 1 aromatic carbocycles. The Bertz CT molecular complexity index is 547. The number of carbonyl (C=O) groups is 1. The van der Waals surface area contributed by atoms with Gasteiger partial charge < -0.3 is 11.1 Å². The Labute approximate surface area is 128 Å². The van der Waals surface area contributed by atoms with E-state index in [9.17, 15) is 4.79 Å². The highest BCUT2D eigenvalue weighted by atomic mass is 35.5. The number of carbonyl (C=O) groups excluding carboxylic acids is 1. The van der Waals surface area contributed by atoms with Crippen molar-refractivity contribution in [2.24, 2.45) is 10.7 Å². The minimum absolute atomic E-state index is 0.212. The van der Waals surface area contributed by atoms with Crippen molar-refractivity contribution in [2.45, 2.75) is 31.2 Å². The molecule has 1 aliphatic rings. The minimum Gasteiger partial charge on any atom is -0.379 e. The van der Waals surface area contributed by atoms with Crippen LogP contribution in [0.25, 0.3) is 0 Å². The average molecular weight is 312 g/mol. The Hall–Kier alpha value is -1.20. The van der Waals surface area contributed by atoms with E-state index in [0.717, 1.165) is 23.4 Å². The zero-order valence-electron chi connectivity index (χ0n) is 11.5. The lowest BCUT2D eigenvalue weighted by Crippen LogP contribution is -2.29. The molecule has 1 amide bonds. The van der Waals surface area contributed by atoms with Crippen molar-refractivity contribution in [3.05, 3.63) is 29.8 Å². The van der Waals surface area contributed by atoms with Crippen LogP contribution in [0.2, 0.25) is 0 Å². The van der Waals surface area contributed by atoms with E-state index in [1.54, 1.807) is 18.7 Å². The summed E-state index contributed by atoms with van der Waals surface area (Å²) in [6, 6.07) is 7.69. The van der Waals surface area contributed by atoms with Crippen molar-refractivity contribution in [1.29, 1.82) is 0 Å². The first-order chi connectivity index (χ1) is 9.40. The lowest BCUT2D eigenvalue weighted by Gasteiger charge is -2.30. The van der Waals surface area contributed by atoms with Crippen LogP contribution < -0.4 is 11.1 Å². The van der Waals surface area contributed by atoms with Crippen molar-refractivity contribution < 1.29 is 4.79 Å². The van der Waals surface area contributed by atoms with Crippen LogP contribution in [0.3, 0.4) is 0 Å². The molecular weight excluding hydrogens is 294 g/mol. The predicted molar refractivity (Wildman–Crippen MR) is 86.4 cm³/mol. The Morgan fingerprint density at radius 3 is 3.00 bits per heavy atom. The van der Waals surface area contributed by atoms with Gasteiger partial charge in [0.05, 0.1) is 5.54 Å². The highest BCUT2D eigenvalue weighted by Crippen LogP contribution is 2.35. The van der Waals surface area contributed by atoms with Crippen molar-refractivity contribution in [1.82, 2.24) is 0 Å². The largest absolute Gasteiger partial charge is 0.379 e. The summed E-state index contributed by atoms with van der Waals surface area (Å²) in [5, 5.41) is 2.85. The molecule has 2 unspecified atom stereocenters. The van der Waals surface area contributed by atoms with E-state index in [1.165, 1.54) is 0 Å². The van der Waals surface area contributed by atoms with Crippen LogP contribution in [0.5, 0.6) is 0 Å². The second-order valence-corrected chi connectivity index (χ2v) is 6.78. The van der Waals surface area contributed by atoms with Gasteiger partial charge in [-0.2, -0.15) is 0 Å². The molecule has 0 radical (unpaired) electrons. The molecule has 2 atom stereocenters. The van der Waals surface area contributed by atoms with Gasteiger partial charge in [-0.15, -0.1) is 11.6 Å². The van der Waals surface area contributed by atoms with Gasteiger partial charge in [-0.1, -0.05) is 23.9 Å². The smallest absolute Gasteiger partial charge is 0.242 e. The van der Waals surface area contributed by atoms with Crippen LogP contribution >= 0.6 is 23.4 Å². The number of anilines is 1. The molecule has 4 nitrogen and oxygen atoms in total. The molecule has 1 aromatic rings. The van der Waals surface area contributed by atoms with Crippen molar-refractivity contribution in [2.75, 3.05) is 11.1 Å². The first-order valence-electron chi connectivity index (χ1n) is 6.44. The van der Waals surface area contributed by atoms with Gasteiger partial charge in [0.1, 0.15) is 5.38 Å². The molecule has 20 heavy (non-hydrogen) atoms. The van der Waals surface area contributed by atoms with Gasteiger partial charge in [-0.05, 0) is 38.0 Å². The third-order valence-electron chi connectivity index (χ3n) is 3.31. The van der Waals surface area contributed by atoms with E-state index < -0.39 is 5.38 Å². The van der Waals surface area contributed by atoms with Crippen LogP contribution in [0, 0.1) is 0 Å². The number of benzene rings is 1. The number of rotatable bonds is 3. The summed E-state index contributed by atoms with van der Waals surface area (Å²) in [7, 11) is 0. The summed E-state index contributed by atoms with van der Waals surface area (Å²) < 4.78 is 0. The average Bonchev–Trinajstić information content (AvgIpc) is 2.38. The maximum atomic E-state index is 11.6. The minimum atomic E-state index is -0.561. The summed E-state index contributed by atoms with van der Waals surface area (Å²) in [6.45, 7) is 3.70. The second-order valence-electron chi connectivity index (χ2n) is 5.01. The van der Waals surface area contributed by atoms with Gasteiger partial charge >= 0.3 is 0 Å². The van der Waals surface area contributed by atoms with Crippen molar-refractivity contribution in [3.63, 3.8) is 0 Å². The number of amidine groups is 1. The molecule has 0 aromatic heterocycles. The molecule has 3 N–H and O–H groups in total. The highest BCUT2D eigenvalue weighted by molar-refractivity contribution is 8.13. The number of alkyl halides is 1. The molecule has 1 aliphatic heterocycles. The Morgan fingerprint density at radius 2 is 2.35 bits per heavy atom.